The molecular weight excluding hydrogens is 256 g/mol. The van der Waals surface area contributed by atoms with Gasteiger partial charge in [-0.3, -0.25) is 4.79 Å². The Morgan fingerprint density at radius 1 is 1.20 bits per heavy atom. The van der Waals surface area contributed by atoms with Crippen LogP contribution in [0.1, 0.15) is 37.7 Å². The minimum absolute atomic E-state index is 0.0397. The molecule has 0 amide bonds. The van der Waals surface area contributed by atoms with Gasteiger partial charge in [-0.15, -0.1) is 0 Å². The molecule has 112 valence electrons. The molecule has 0 radical (unpaired) electrons. The molecule has 0 aliphatic carbocycles. The molecule has 4 heteroatoms. The van der Waals surface area contributed by atoms with E-state index in [1.165, 1.54) is 7.11 Å². The summed E-state index contributed by atoms with van der Waals surface area (Å²) in [5, 5.41) is 9.06. The molecule has 0 aliphatic heterocycles. The molecule has 1 aromatic rings. The van der Waals surface area contributed by atoms with E-state index < -0.39 is 0 Å². The van der Waals surface area contributed by atoms with Gasteiger partial charge < -0.3 is 14.6 Å². The average molecular weight is 280 g/mol. The number of esters is 1. The van der Waals surface area contributed by atoms with Gasteiger partial charge in [-0.2, -0.15) is 0 Å². The quantitative estimate of drug-likeness (QED) is 0.529. The lowest BCUT2D eigenvalue weighted by Gasteiger charge is -2.17. The van der Waals surface area contributed by atoms with Gasteiger partial charge in [-0.1, -0.05) is 36.8 Å². The van der Waals surface area contributed by atoms with Crippen LogP contribution in [0.15, 0.2) is 30.3 Å². The van der Waals surface area contributed by atoms with Crippen molar-refractivity contribution in [3.8, 4) is 0 Å². The smallest absolute Gasteiger partial charge is 0.305 e. The van der Waals surface area contributed by atoms with Crippen LogP contribution in [0.2, 0.25) is 0 Å². The van der Waals surface area contributed by atoms with Crippen molar-refractivity contribution in [2.75, 3.05) is 13.7 Å². The molecule has 20 heavy (non-hydrogen) atoms. The van der Waals surface area contributed by atoms with Gasteiger partial charge in [0.25, 0.3) is 0 Å². The number of aliphatic hydroxyl groups excluding tert-OH is 1. The van der Waals surface area contributed by atoms with Gasteiger partial charge in [0.2, 0.25) is 0 Å². The van der Waals surface area contributed by atoms with Gasteiger partial charge in [0.15, 0.2) is 0 Å². The summed E-state index contributed by atoms with van der Waals surface area (Å²) in [5.74, 6) is -0.172. The third kappa shape index (κ3) is 7.26. The Morgan fingerprint density at radius 3 is 2.60 bits per heavy atom. The summed E-state index contributed by atoms with van der Waals surface area (Å²) < 4.78 is 10.4. The average Bonchev–Trinajstić information content (AvgIpc) is 2.49. The summed E-state index contributed by atoms with van der Waals surface area (Å²) in [7, 11) is 1.40. The highest BCUT2D eigenvalue weighted by Gasteiger charge is 2.09. The first kappa shape index (κ1) is 16.7. The van der Waals surface area contributed by atoms with E-state index >= 15 is 0 Å². The fourth-order valence-corrected chi connectivity index (χ4v) is 1.99. The molecule has 1 atom stereocenters. The van der Waals surface area contributed by atoms with Gasteiger partial charge in [-0.25, -0.2) is 0 Å². The Kier molecular flexibility index (Phi) is 8.67. The number of aliphatic hydroxyl groups is 1. The van der Waals surface area contributed by atoms with Gasteiger partial charge in [0.05, 0.1) is 19.8 Å². The normalized spacial score (nSPS) is 12.1. The van der Waals surface area contributed by atoms with E-state index in [4.69, 9.17) is 9.84 Å². The summed E-state index contributed by atoms with van der Waals surface area (Å²) in [5.41, 5.74) is 1.13. The molecular formula is C16H24O4. The van der Waals surface area contributed by atoms with Crippen LogP contribution in [0, 0.1) is 0 Å². The second-order valence-electron chi connectivity index (χ2n) is 4.75. The maximum Gasteiger partial charge on any atom is 0.305 e. The molecule has 0 fully saturated rings. The predicted octanol–water partition coefficient (Wildman–Crippen LogP) is 2.69. The molecule has 0 saturated carbocycles. The molecule has 0 saturated heterocycles. The van der Waals surface area contributed by atoms with Crippen molar-refractivity contribution in [3.63, 3.8) is 0 Å². The van der Waals surface area contributed by atoms with Crippen molar-refractivity contribution < 1.29 is 19.4 Å². The van der Waals surface area contributed by atoms with E-state index in [0.29, 0.717) is 19.4 Å². The number of unbranched alkanes of at least 4 members (excludes halogenated alkanes) is 1. The number of hydrogen-bond donors (Lipinski definition) is 1. The third-order valence-corrected chi connectivity index (χ3v) is 3.16. The molecule has 4 nitrogen and oxygen atoms in total. The van der Waals surface area contributed by atoms with Gasteiger partial charge in [0.1, 0.15) is 0 Å². The van der Waals surface area contributed by atoms with Crippen LogP contribution in [-0.2, 0) is 20.9 Å². The van der Waals surface area contributed by atoms with Crippen LogP contribution in [0.3, 0.4) is 0 Å². The summed E-state index contributed by atoms with van der Waals surface area (Å²) in [6.45, 7) is 0.680. The molecule has 0 spiro atoms. The first-order valence-electron chi connectivity index (χ1n) is 7.09. The number of ether oxygens (including phenoxy) is 2. The second kappa shape index (κ2) is 10.4. The number of benzene rings is 1. The molecule has 0 heterocycles. The lowest BCUT2D eigenvalue weighted by atomic mass is 10.1. The lowest BCUT2D eigenvalue weighted by Crippen LogP contribution is -2.15. The van der Waals surface area contributed by atoms with Gasteiger partial charge >= 0.3 is 5.97 Å². The van der Waals surface area contributed by atoms with Crippen molar-refractivity contribution in [3.05, 3.63) is 35.9 Å². The number of carbonyl (C=O) groups is 1. The standard InChI is InChI=1S/C16H24O4/c1-19-16(18)10-6-5-9-15(11-12-17)20-13-14-7-3-2-4-8-14/h2-4,7-8,15,17H,5-6,9-13H2,1H3. The van der Waals surface area contributed by atoms with E-state index in [-0.39, 0.29) is 18.7 Å². The Balaban J connectivity index is 2.24. The van der Waals surface area contributed by atoms with Crippen LogP contribution in [0.5, 0.6) is 0 Å². The fourth-order valence-electron chi connectivity index (χ4n) is 1.99. The largest absolute Gasteiger partial charge is 0.469 e. The lowest BCUT2D eigenvalue weighted by molar-refractivity contribution is -0.140. The number of carbonyl (C=O) groups excluding carboxylic acids is 1. The third-order valence-electron chi connectivity index (χ3n) is 3.16. The van der Waals surface area contributed by atoms with Crippen LogP contribution >= 0.6 is 0 Å². The molecule has 1 unspecified atom stereocenters. The summed E-state index contributed by atoms with van der Waals surface area (Å²) in [6, 6.07) is 9.98. The van der Waals surface area contributed by atoms with Crippen LogP contribution in [0.25, 0.3) is 0 Å². The maximum atomic E-state index is 11.0. The maximum absolute atomic E-state index is 11.0. The number of rotatable bonds is 10. The second-order valence-corrected chi connectivity index (χ2v) is 4.75. The predicted molar refractivity (Wildman–Crippen MR) is 77.2 cm³/mol. The zero-order valence-corrected chi connectivity index (χ0v) is 12.1. The zero-order chi connectivity index (χ0) is 14.6. The van der Waals surface area contributed by atoms with Crippen molar-refractivity contribution >= 4 is 5.97 Å². The highest BCUT2D eigenvalue weighted by atomic mass is 16.5. The number of hydrogen-bond acceptors (Lipinski definition) is 4. The molecule has 1 N–H and O–H groups in total. The van der Waals surface area contributed by atoms with E-state index in [1.54, 1.807) is 0 Å². The van der Waals surface area contributed by atoms with E-state index in [9.17, 15) is 4.79 Å². The molecule has 0 aliphatic rings. The summed E-state index contributed by atoms with van der Waals surface area (Å²) in [6.07, 6.45) is 3.66. The van der Waals surface area contributed by atoms with Crippen molar-refractivity contribution in [2.45, 2.75) is 44.8 Å². The molecule has 0 bridgehead atoms. The van der Waals surface area contributed by atoms with E-state index in [1.807, 2.05) is 30.3 Å². The van der Waals surface area contributed by atoms with Crippen LogP contribution in [-0.4, -0.2) is 30.9 Å². The molecule has 0 aromatic heterocycles. The summed E-state index contributed by atoms with van der Waals surface area (Å²) in [4.78, 5) is 11.0. The highest BCUT2D eigenvalue weighted by Crippen LogP contribution is 2.13. The first-order chi connectivity index (χ1) is 9.76. The van der Waals surface area contributed by atoms with Gasteiger partial charge in [0, 0.05) is 13.0 Å². The Morgan fingerprint density at radius 2 is 1.95 bits per heavy atom. The Hall–Kier alpha value is -1.39. The summed E-state index contributed by atoms with van der Waals surface area (Å²) >= 11 is 0. The molecule has 1 rings (SSSR count). The minimum atomic E-state index is -0.172. The van der Waals surface area contributed by atoms with Crippen LogP contribution < -0.4 is 0 Å². The first-order valence-corrected chi connectivity index (χ1v) is 7.09. The molecule has 1 aromatic carbocycles. The van der Waals surface area contributed by atoms with Crippen molar-refractivity contribution in [1.82, 2.24) is 0 Å². The monoisotopic (exact) mass is 280 g/mol. The SMILES string of the molecule is COC(=O)CCCCC(CCO)OCc1ccccc1. The van der Waals surface area contributed by atoms with Crippen molar-refractivity contribution in [2.24, 2.45) is 0 Å². The highest BCUT2D eigenvalue weighted by molar-refractivity contribution is 5.68. The number of methoxy groups -OCH3 is 1. The van der Waals surface area contributed by atoms with Gasteiger partial charge in [-0.05, 0) is 24.8 Å². The van der Waals surface area contributed by atoms with E-state index in [2.05, 4.69) is 4.74 Å². The van der Waals surface area contributed by atoms with Crippen molar-refractivity contribution in [1.29, 1.82) is 0 Å². The topological polar surface area (TPSA) is 55.8 Å². The fraction of sp³-hybridized carbons (Fsp3) is 0.562. The zero-order valence-electron chi connectivity index (χ0n) is 12.1. The Labute approximate surface area is 120 Å². The Bertz CT molecular complexity index is 364. The van der Waals surface area contributed by atoms with E-state index in [0.717, 1.165) is 24.8 Å². The van der Waals surface area contributed by atoms with Crippen LogP contribution in [0.4, 0.5) is 0 Å². The minimum Gasteiger partial charge on any atom is -0.469 e.